The molecule has 31 heavy (non-hydrogen) atoms. The molecule has 0 fully saturated rings. The van der Waals surface area contributed by atoms with E-state index in [1.54, 1.807) is 17.0 Å². The van der Waals surface area contributed by atoms with Gasteiger partial charge < -0.3 is 9.42 Å². The van der Waals surface area contributed by atoms with Crippen LogP contribution < -0.4 is 0 Å². The van der Waals surface area contributed by atoms with Gasteiger partial charge in [-0.3, -0.25) is 9.48 Å². The molecule has 2 aromatic heterocycles. The fourth-order valence-electron chi connectivity index (χ4n) is 3.94. The summed E-state index contributed by atoms with van der Waals surface area (Å²) in [6, 6.07) is 17.1. The zero-order chi connectivity index (χ0) is 21.4. The number of carbonyl (C=O) groups is 1. The van der Waals surface area contributed by atoms with Crippen LogP contribution in [0.4, 0.5) is 0 Å². The third kappa shape index (κ3) is 3.72. The second-order valence-electron chi connectivity index (χ2n) is 7.53. The van der Waals surface area contributed by atoms with E-state index in [1.165, 1.54) is 0 Å². The molecule has 7 nitrogen and oxygen atoms in total. The van der Waals surface area contributed by atoms with Crippen molar-refractivity contribution in [1.29, 1.82) is 0 Å². The zero-order valence-electron chi connectivity index (χ0n) is 17.0. The highest BCUT2D eigenvalue weighted by Gasteiger charge is 2.30. The van der Waals surface area contributed by atoms with Gasteiger partial charge in [0, 0.05) is 37.7 Å². The molecule has 0 spiro atoms. The van der Waals surface area contributed by atoms with E-state index in [4.69, 9.17) is 16.1 Å². The summed E-state index contributed by atoms with van der Waals surface area (Å²) in [5.74, 6) is 0.872. The highest BCUT2D eigenvalue weighted by Crippen LogP contribution is 2.30. The number of aromatic nitrogens is 4. The monoisotopic (exact) mass is 433 g/mol. The van der Waals surface area contributed by atoms with Gasteiger partial charge in [0.15, 0.2) is 11.5 Å². The summed E-state index contributed by atoms with van der Waals surface area (Å²) in [6.07, 6.45) is 1.27. The zero-order valence-corrected chi connectivity index (χ0v) is 17.7. The molecule has 0 bridgehead atoms. The van der Waals surface area contributed by atoms with Crippen molar-refractivity contribution in [1.82, 2.24) is 24.8 Å². The average molecular weight is 434 g/mol. The van der Waals surface area contributed by atoms with Crippen LogP contribution in [-0.2, 0) is 26.4 Å². The predicted molar refractivity (Wildman–Crippen MR) is 116 cm³/mol. The second-order valence-corrected chi connectivity index (χ2v) is 7.94. The Bertz CT molecular complexity index is 1250. The lowest BCUT2D eigenvalue weighted by molar-refractivity contribution is 0.0734. The van der Waals surface area contributed by atoms with Gasteiger partial charge in [0.05, 0.1) is 17.1 Å². The first-order valence-electron chi connectivity index (χ1n) is 10.1. The highest BCUT2D eigenvalue weighted by atomic mass is 35.5. The van der Waals surface area contributed by atoms with Crippen molar-refractivity contribution in [3.63, 3.8) is 0 Å². The molecule has 5 rings (SSSR count). The van der Waals surface area contributed by atoms with Crippen LogP contribution in [0.3, 0.4) is 0 Å². The molecule has 0 aliphatic carbocycles. The van der Waals surface area contributed by atoms with Gasteiger partial charge in [-0.25, -0.2) is 0 Å². The number of rotatable bonds is 4. The van der Waals surface area contributed by atoms with E-state index in [0.29, 0.717) is 53.9 Å². The lowest BCUT2D eigenvalue weighted by Gasteiger charge is -2.27. The lowest BCUT2D eigenvalue weighted by atomic mass is 10.0. The van der Waals surface area contributed by atoms with Crippen LogP contribution in [0.1, 0.15) is 33.0 Å². The summed E-state index contributed by atoms with van der Waals surface area (Å²) in [4.78, 5) is 19.4. The van der Waals surface area contributed by atoms with Crippen molar-refractivity contribution in [2.45, 2.75) is 19.4 Å². The molecule has 156 valence electrons. The van der Waals surface area contributed by atoms with E-state index in [9.17, 15) is 4.79 Å². The van der Waals surface area contributed by atoms with Crippen LogP contribution in [0.15, 0.2) is 59.1 Å². The molecule has 0 N–H and O–H groups in total. The molecule has 0 atom stereocenters. The number of carbonyl (C=O) groups excluding carboxylic acids is 1. The first kappa shape index (κ1) is 19.5. The normalized spacial score (nSPS) is 13.3. The van der Waals surface area contributed by atoms with Gasteiger partial charge in [0.1, 0.15) is 0 Å². The summed E-state index contributed by atoms with van der Waals surface area (Å²) >= 11 is 6.24. The van der Waals surface area contributed by atoms with Gasteiger partial charge >= 0.3 is 0 Å². The number of hydrogen-bond acceptors (Lipinski definition) is 5. The van der Waals surface area contributed by atoms with Crippen LogP contribution >= 0.6 is 11.6 Å². The van der Waals surface area contributed by atoms with E-state index >= 15 is 0 Å². The minimum absolute atomic E-state index is 0.0960. The molecule has 8 heteroatoms. The maximum atomic E-state index is 13.1. The van der Waals surface area contributed by atoms with Crippen LogP contribution in [0, 0.1) is 0 Å². The molecule has 1 aliphatic heterocycles. The van der Waals surface area contributed by atoms with E-state index in [2.05, 4.69) is 15.2 Å². The fraction of sp³-hybridized carbons (Fsp3) is 0.217. The van der Waals surface area contributed by atoms with Gasteiger partial charge in [-0.1, -0.05) is 59.2 Å². The van der Waals surface area contributed by atoms with E-state index < -0.39 is 0 Å². The van der Waals surface area contributed by atoms with Crippen molar-refractivity contribution in [2.75, 3.05) is 6.54 Å². The number of fused-ring (bicyclic) bond motifs is 1. The summed E-state index contributed by atoms with van der Waals surface area (Å²) in [7, 11) is 1.90. The van der Waals surface area contributed by atoms with Gasteiger partial charge in [-0.05, 0) is 17.7 Å². The van der Waals surface area contributed by atoms with Gasteiger partial charge in [0.25, 0.3) is 11.8 Å². The topological polar surface area (TPSA) is 77.1 Å². The maximum absolute atomic E-state index is 13.1. The van der Waals surface area contributed by atoms with Gasteiger partial charge in [0.2, 0.25) is 0 Å². The molecule has 1 aliphatic rings. The maximum Gasteiger partial charge on any atom is 0.278 e. The summed E-state index contributed by atoms with van der Waals surface area (Å²) in [5, 5.41) is 9.20. The predicted octanol–water partition coefficient (Wildman–Crippen LogP) is 3.91. The van der Waals surface area contributed by atoms with Crippen molar-refractivity contribution in [3.8, 4) is 11.6 Å². The molecule has 1 amide bonds. The van der Waals surface area contributed by atoms with E-state index in [0.717, 1.165) is 16.8 Å². The summed E-state index contributed by atoms with van der Waals surface area (Å²) in [5.41, 5.74) is 4.24. The van der Waals surface area contributed by atoms with Crippen LogP contribution in [0.2, 0.25) is 5.02 Å². The third-order valence-corrected chi connectivity index (χ3v) is 5.84. The Balaban J connectivity index is 1.42. The van der Waals surface area contributed by atoms with Crippen molar-refractivity contribution in [2.24, 2.45) is 7.05 Å². The molecule has 0 radical (unpaired) electrons. The first-order chi connectivity index (χ1) is 15.1. The molecule has 0 saturated carbocycles. The van der Waals surface area contributed by atoms with Gasteiger partial charge in [-0.2, -0.15) is 10.1 Å². The molecule has 0 saturated heterocycles. The Morgan fingerprint density at radius 3 is 2.71 bits per heavy atom. The number of aryl methyl sites for hydroxylation is 1. The molecule has 2 aromatic carbocycles. The van der Waals surface area contributed by atoms with Crippen molar-refractivity contribution >= 4 is 17.5 Å². The van der Waals surface area contributed by atoms with Crippen molar-refractivity contribution in [3.05, 3.63) is 87.8 Å². The number of amides is 1. The van der Waals surface area contributed by atoms with Gasteiger partial charge in [-0.15, -0.1) is 0 Å². The fourth-order valence-corrected chi connectivity index (χ4v) is 4.16. The largest absolute Gasteiger partial charge is 0.334 e. The van der Waals surface area contributed by atoms with Crippen molar-refractivity contribution < 1.29 is 9.32 Å². The standard InChI is InChI=1S/C23H20ClN5O2/c1-28-19-11-12-29(23(30)16-9-5-6-10-18(16)24)14-17(19)21(26-28)22-25-20(27-31-22)13-15-7-3-2-4-8-15/h2-10H,11-14H2,1H3. The smallest absolute Gasteiger partial charge is 0.278 e. The molecule has 4 aromatic rings. The summed E-state index contributed by atoms with van der Waals surface area (Å²) in [6.45, 7) is 1.01. The Morgan fingerprint density at radius 2 is 1.90 bits per heavy atom. The number of benzene rings is 2. The molecule has 0 unspecified atom stereocenters. The Kier molecular flexibility index (Phi) is 5.03. The van der Waals surface area contributed by atoms with E-state index in [1.807, 2.05) is 54.2 Å². The quantitative estimate of drug-likeness (QED) is 0.487. The van der Waals surface area contributed by atoms with Crippen LogP contribution in [0.5, 0.6) is 0 Å². The third-order valence-electron chi connectivity index (χ3n) is 5.51. The minimum atomic E-state index is -0.0960. The highest BCUT2D eigenvalue weighted by molar-refractivity contribution is 6.33. The van der Waals surface area contributed by atoms with Crippen LogP contribution in [-0.4, -0.2) is 37.3 Å². The molecular weight excluding hydrogens is 414 g/mol. The second kappa shape index (κ2) is 8.00. The van der Waals surface area contributed by atoms with Crippen LogP contribution in [0.25, 0.3) is 11.6 Å². The Morgan fingerprint density at radius 1 is 1.13 bits per heavy atom. The average Bonchev–Trinajstić information content (AvgIpc) is 3.38. The first-order valence-corrected chi connectivity index (χ1v) is 10.4. The number of halogens is 1. The SMILES string of the molecule is Cn1nc(-c2nc(Cc3ccccc3)no2)c2c1CCN(C(=O)c1ccccc1Cl)C2. The minimum Gasteiger partial charge on any atom is -0.334 e. The molecule has 3 heterocycles. The lowest BCUT2D eigenvalue weighted by Crippen LogP contribution is -2.36. The molecular formula is C23H20ClN5O2. The number of nitrogens with zero attached hydrogens (tertiary/aromatic N) is 5. The van der Waals surface area contributed by atoms with E-state index in [-0.39, 0.29) is 5.91 Å². The summed E-state index contributed by atoms with van der Waals surface area (Å²) < 4.78 is 7.38. The Labute approximate surface area is 184 Å². The number of hydrogen-bond donors (Lipinski definition) is 0. The Hall–Kier alpha value is -3.45.